The number of methoxy groups -OCH3 is 2. The number of hydrogen-bond acceptors (Lipinski definition) is 5. The zero-order chi connectivity index (χ0) is 16.5. The van der Waals surface area contributed by atoms with E-state index in [2.05, 4.69) is 4.74 Å². The summed E-state index contributed by atoms with van der Waals surface area (Å²) in [6.07, 6.45) is -1.42. The minimum atomic E-state index is -1.25. The Labute approximate surface area is 128 Å². The fourth-order valence-corrected chi connectivity index (χ4v) is 2.64. The van der Waals surface area contributed by atoms with E-state index >= 15 is 0 Å². The van der Waals surface area contributed by atoms with Gasteiger partial charge in [0.25, 0.3) is 5.91 Å². The number of aryl methyl sites for hydroxylation is 1. The smallest absolute Gasteiger partial charge is 0.436 e. The number of rotatable bonds is 2. The third-order valence-corrected chi connectivity index (χ3v) is 3.84. The molecule has 0 spiro atoms. The maximum absolute atomic E-state index is 12.6. The molecule has 0 saturated carbocycles. The minimum absolute atomic E-state index is 0.303. The second-order valence-corrected chi connectivity index (χ2v) is 4.95. The SMILES string of the molecule is CCC1(c2ccc(C)cc2)C(=O)N(C(=O)OC)N1C(=O)OC. The summed E-state index contributed by atoms with van der Waals surface area (Å²) in [5.74, 6) is -0.517. The quantitative estimate of drug-likeness (QED) is 0.837. The lowest BCUT2D eigenvalue weighted by molar-refractivity contribution is -0.201. The Balaban J connectivity index is 2.53. The molecule has 0 bridgehead atoms. The first-order chi connectivity index (χ1) is 10.4. The zero-order valence-corrected chi connectivity index (χ0v) is 13.0. The van der Waals surface area contributed by atoms with E-state index in [9.17, 15) is 14.4 Å². The number of benzene rings is 1. The fourth-order valence-electron chi connectivity index (χ4n) is 2.64. The third-order valence-electron chi connectivity index (χ3n) is 3.84. The molecule has 1 aromatic rings. The molecule has 1 unspecified atom stereocenters. The van der Waals surface area contributed by atoms with Gasteiger partial charge in [-0.25, -0.2) is 9.59 Å². The van der Waals surface area contributed by atoms with Crippen molar-refractivity contribution in [3.05, 3.63) is 35.4 Å². The largest absolute Gasteiger partial charge is 0.451 e. The third kappa shape index (κ3) is 2.01. The van der Waals surface area contributed by atoms with Crippen LogP contribution < -0.4 is 0 Å². The molecule has 1 atom stereocenters. The highest BCUT2D eigenvalue weighted by atomic mass is 16.6. The Morgan fingerprint density at radius 1 is 1.09 bits per heavy atom. The Kier molecular flexibility index (Phi) is 4.07. The van der Waals surface area contributed by atoms with Crippen LogP contribution in [0.5, 0.6) is 0 Å². The predicted molar refractivity (Wildman–Crippen MR) is 76.6 cm³/mol. The number of ether oxygens (including phenoxy) is 2. The minimum Gasteiger partial charge on any atom is -0.451 e. The molecule has 7 nitrogen and oxygen atoms in total. The van der Waals surface area contributed by atoms with Crippen molar-refractivity contribution in [3.8, 4) is 0 Å². The van der Waals surface area contributed by atoms with E-state index in [4.69, 9.17) is 4.74 Å². The van der Waals surface area contributed by atoms with Crippen LogP contribution in [0.3, 0.4) is 0 Å². The van der Waals surface area contributed by atoms with E-state index in [1.54, 1.807) is 19.1 Å². The first kappa shape index (κ1) is 15.8. The van der Waals surface area contributed by atoms with Crippen LogP contribution in [0, 0.1) is 6.92 Å². The Morgan fingerprint density at radius 3 is 2.09 bits per heavy atom. The lowest BCUT2D eigenvalue weighted by Crippen LogP contribution is -2.77. The summed E-state index contributed by atoms with van der Waals surface area (Å²) in [6.45, 7) is 3.69. The Hall–Kier alpha value is -2.57. The molecule has 0 N–H and O–H groups in total. The topological polar surface area (TPSA) is 76.2 Å². The van der Waals surface area contributed by atoms with Gasteiger partial charge in [-0.15, -0.1) is 5.01 Å². The van der Waals surface area contributed by atoms with Gasteiger partial charge < -0.3 is 9.47 Å². The maximum atomic E-state index is 12.6. The summed E-state index contributed by atoms with van der Waals surface area (Å²) < 4.78 is 9.27. The highest BCUT2D eigenvalue weighted by Gasteiger charge is 2.65. The van der Waals surface area contributed by atoms with E-state index in [-0.39, 0.29) is 0 Å². The van der Waals surface area contributed by atoms with Gasteiger partial charge in [-0.05, 0) is 18.9 Å². The summed E-state index contributed by atoms with van der Waals surface area (Å²) in [7, 11) is 2.33. The summed E-state index contributed by atoms with van der Waals surface area (Å²) in [5.41, 5.74) is 0.391. The lowest BCUT2D eigenvalue weighted by Gasteiger charge is -2.54. The van der Waals surface area contributed by atoms with Crippen molar-refractivity contribution in [1.82, 2.24) is 10.0 Å². The molecule has 1 heterocycles. The molecule has 22 heavy (non-hydrogen) atoms. The summed E-state index contributed by atoms with van der Waals surface area (Å²) in [4.78, 5) is 36.5. The van der Waals surface area contributed by atoms with Crippen LogP contribution >= 0.6 is 0 Å². The van der Waals surface area contributed by atoms with Gasteiger partial charge in [0.1, 0.15) is 0 Å². The van der Waals surface area contributed by atoms with Crippen molar-refractivity contribution in [2.75, 3.05) is 14.2 Å². The summed E-state index contributed by atoms with van der Waals surface area (Å²) >= 11 is 0. The van der Waals surface area contributed by atoms with Crippen molar-refractivity contribution in [3.63, 3.8) is 0 Å². The Bertz CT molecular complexity index is 613. The fraction of sp³-hybridized carbons (Fsp3) is 0.400. The van der Waals surface area contributed by atoms with Crippen LogP contribution in [0.4, 0.5) is 9.59 Å². The van der Waals surface area contributed by atoms with E-state index < -0.39 is 23.6 Å². The van der Waals surface area contributed by atoms with Gasteiger partial charge >= 0.3 is 12.2 Å². The molecule has 0 aromatic heterocycles. The number of carbonyl (C=O) groups excluding carboxylic acids is 3. The highest BCUT2D eigenvalue weighted by Crippen LogP contribution is 2.44. The molecule has 1 aliphatic heterocycles. The van der Waals surface area contributed by atoms with E-state index in [0.29, 0.717) is 17.0 Å². The maximum Gasteiger partial charge on any atom is 0.436 e. The van der Waals surface area contributed by atoms with Crippen molar-refractivity contribution in [1.29, 1.82) is 0 Å². The van der Waals surface area contributed by atoms with E-state index in [0.717, 1.165) is 17.7 Å². The second-order valence-electron chi connectivity index (χ2n) is 4.95. The van der Waals surface area contributed by atoms with Gasteiger partial charge in [-0.3, -0.25) is 4.79 Å². The average molecular weight is 306 g/mol. The van der Waals surface area contributed by atoms with Crippen molar-refractivity contribution in [2.45, 2.75) is 25.8 Å². The first-order valence-electron chi connectivity index (χ1n) is 6.81. The summed E-state index contributed by atoms with van der Waals surface area (Å²) in [5, 5.41) is 1.67. The monoisotopic (exact) mass is 306 g/mol. The number of imide groups is 1. The molecule has 118 valence electrons. The van der Waals surface area contributed by atoms with Crippen molar-refractivity contribution < 1.29 is 23.9 Å². The van der Waals surface area contributed by atoms with E-state index in [1.165, 1.54) is 7.11 Å². The van der Waals surface area contributed by atoms with Crippen LogP contribution in [-0.4, -0.2) is 42.3 Å². The van der Waals surface area contributed by atoms with Crippen LogP contribution in [0.15, 0.2) is 24.3 Å². The van der Waals surface area contributed by atoms with Gasteiger partial charge in [0.05, 0.1) is 14.2 Å². The lowest BCUT2D eigenvalue weighted by atomic mass is 9.81. The molecule has 1 aromatic carbocycles. The normalized spacial score (nSPS) is 20.5. The number of hydrazine groups is 1. The molecule has 0 aliphatic carbocycles. The number of hydrogen-bond donors (Lipinski definition) is 0. The first-order valence-corrected chi connectivity index (χ1v) is 6.81. The molecule has 1 fully saturated rings. The second kappa shape index (κ2) is 5.67. The Morgan fingerprint density at radius 2 is 1.64 bits per heavy atom. The molecular weight excluding hydrogens is 288 g/mol. The van der Waals surface area contributed by atoms with Crippen LogP contribution in [0.25, 0.3) is 0 Å². The van der Waals surface area contributed by atoms with Crippen LogP contribution in [0.1, 0.15) is 24.5 Å². The number of amides is 3. The molecule has 3 amide bonds. The zero-order valence-electron chi connectivity index (χ0n) is 13.0. The molecule has 7 heteroatoms. The molecule has 1 aliphatic rings. The van der Waals surface area contributed by atoms with Gasteiger partial charge in [0.2, 0.25) is 0 Å². The number of carbonyl (C=O) groups is 3. The molecule has 1 saturated heterocycles. The standard InChI is InChI=1S/C15H18N2O5/c1-5-15(11-8-6-10(2)7-9-11)12(18)16(13(19)21-3)17(15)14(20)22-4/h6-9H,5H2,1-4H3. The van der Waals surface area contributed by atoms with Crippen LogP contribution in [0.2, 0.25) is 0 Å². The van der Waals surface area contributed by atoms with Gasteiger partial charge in [-0.2, -0.15) is 5.01 Å². The van der Waals surface area contributed by atoms with Crippen molar-refractivity contribution in [2.24, 2.45) is 0 Å². The highest BCUT2D eigenvalue weighted by molar-refractivity contribution is 6.06. The molecular formula is C15H18N2O5. The molecule has 2 rings (SSSR count). The average Bonchev–Trinajstić information content (AvgIpc) is 2.53. The predicted octanol–water partition coefficient (Wildman–Crippen LogP) is 2.19. The van der Waals surface area contributed by atoms with Gasteiger partial charge in [0, 0.05) is 0 Å². The van der Waals surface area contributed by atoms with Gasteiger partial charge in [-0.1, -0.05) is 36.8 Å². The number of nitrogens with zero attached hydrogens (tertiary/aromatic N) is 2. The summed E-state index contributed by atoms with van der Waals surface area (Å²) in [6, 6.07) is 7.22. The van der Waals surface area contributed by atoms with Gasteiger partial charge in [0.15, 0.2) is 5.54 Å². The van der Waals surface area contributed by atoms with E-state index in [1.807, 2.05) is 19.1 Å². The van der Waals surface area contributed by atoms with Crippen molar-refractivity contribution >= 4 is 18.1 Å². The van der Waals surface area contributed by atoms with Crippen LogP contribution in [-0.2, 0) is 19.8 Å². The molecule has 0 radical (unpaired) electrons.